The first kappa shape index (κ1) is 14.2. The summed E-state index contributed by atoms with van der Waals surface area (Å²) in [5, 5.41) is 5.20. The van der Waals surface area contributed by atoms with Gasteiger partial charge in [-0.05, 0) is 11.4 Å². The number of halogens is 4. The smallest absolute Gasteiger partial charge is 0.324 e. The first-order chi connectivity index (χ1) is 6.41. The number of carbonyl (C=O) groups is 1. The summed E-state index contributed by atoms with van der Waals surface area (Å²) < 4.78 is 35.8. The highest BCUT2D eigenvalue weighted by Crippen LogP contribution is 2.20. The lowest BCUT2D eigenvalue weighted by atomic mass is 10.3. The van der Waals surface area contributed by atoms with E-state index in [1.165, 1.54) is 22.8 Å². The Hall–Kier alpha value is -0.790. The van der Waals surface area contributed by atoms with Gasteiger partial charge in [-0.3, -0.25) is 4.79 Å². The minimum atomic E-state index is -4.71. The van der Waals surface area contributed by atoms with E-state index in [1.54, 1.807) is 5.38 Å². The number of rotatable bonds is 2. The molecule has 86 valence electrons. The number of nitrogens with one attached hydrogen (secondary N) is 1. The maximum Gasteiger partial charge on any atom is 0.412 e. The summed E-state index contributed by atoms with van der Waals surface area (Å²) in [6.07, 6.45) is -4.71. The zero-order valence-corrected chi connectivity index (χ0v) is 8.88. The summed E-state index contributed by atoms with van der Waals surface area (Å²) in [6.45, 7) is 0. The highest BCUT2D eigenvalue weighted by molar-refractivity contribution is 7.08. The van der Waals surface area contributed by atoms with Crippen LogP contribution in [0.2, 0.25) is 0 Å². The van der Waals surface area contributed by atoms with E-state index in [0.29, 0.717) is 5.69 Å². The number of hydrogen-bond acceptors (Lipinski definition) is 3. The lowest BCUT2D eigenvalue weighted by Crippen LogP contribution is -2.47. The molecule has 0 spiro atoms. The van der Waals surface area contributed by atoms with E-state index < -0.39 is 18.1 Å². The van der Waals surface area contributed by atoms with Crippen molar-refractivity contribution in [2.45, 2.75) is 12.2 Å². The fourth-order valence-corrected chi connectivity index (χ4v) is 1.29. The maximum absolute atomic E-state index is 11.9. The second-order valence-electron chi connectivity index (χ2n) is 2.52. The van der Waals surface area contributed by atoms with Gasteiger partial charge in [0.25, 0.3) is 5.91 Å². The van der Waals surface area contributed by atoms with Crippen molar-refractivity contribution < 1.29 is 18.0 Å². The molecule has 0 saturated heterocycles. The Morgan fingerprint density at radius 3 is 2.53 bits per heavy atom. The molecule has 8 heteroatoms. The van der Waals surface area contributed by atoms with Gasteiger partial charge in [-0.25, -0.2) is 0 Å². The van der Waals surface area contributed by atoms with Gasteiger partial charge in [-0.1, -0.05) is 0 Å². The molecule has 15 heavy (non-hydrogen) atoms. The van der Waals surface area contributed by atoms with Crippen LogP contribution in [0.5, 0.6) is 0 Å². The van der Waals surface area contributed by atoms with Gasteiger partial charge in [-0.15, -0.1) is 12.4 Å². The third kappa shape index (κ3) is 4.06. The van der Waals surface area contributed by atoms with E-state index in [2.05, 4.69) is 11.1 Å². The van der Waals surface area contributed by atoms with Gasteiger partial charge in [0, 0.05) is 5.38 Å². The molecule has 1 rings (SSSR count). The number of hydrogen-bond donors (Lipinski definition) is 2. The first-order valence-electron chi connectivity index (χ1n) is 3.56. The average molecular weight is 261 g/mol. The number of amides is 1. The minimum Gasteiger partial charge on any atom is -0.324 e. The SMILES string of the molecule is Cl.NC(C(=O)Nc1ccsc1)C(F)(F)F. The zero-order valence-electron chi connectivity index (χ0n) is 7.25. The lowest BCUT2D eigenvalue weighted by Gasteiger charge is -2.14. The zero-order chi connectivity index (χ0) is 10.8. The standard InChI is InChI=1S/C7H7F3N2OS.ClH/c8-7(9,10)5(11)6(13)12-4-1-2-14-3-4;/h1-3,5H,11H2,(H,12,13);1H. The fourth-order valence-electron chi connectivity index (χ4n) is 0.704. The highest BCUT2D eigenvalue weighted by Gasteiger charge is 2.41. The fraction of sp³-hybridized carbons (Fsp3) is 0.286. The quantitative estimate of drug-likeness (QED) is 0.855. The molecule has 1 heterocycles. The Morgan fingerprint density at radius 2 is 2.13 bits per heavy atom. The van der Waals surface area contributed by atoms with Gasteiger partial charge in [0.1, 0.15) is 0 Å². The third-order valence-electron chi connectivity index (χ3n) is 1.42. The largest absolute Gasteiger partial charge is 0.412 e. The van der Waals surface area contributed by atoms with E-state index in [-0.39, 0.29) is 12.4 Å². The Bertz CT molecular complexity index is 315. The monoisotopic (exact) mass is 260 g/mol. The molecule has 0 saturated carbocycles. The molecule has 1 amide bonds. The predicted octanol–water partition coefficient (Wildman–Crippen LogP) is 2.00. The van der Waals surface area contributed by atoms with Crippen LogP contribution < -0.4 is 11.1 Å². The number of alkyl halides is 3. The van der Waals surface area contributed by atoms with Gasteiger partial charge in [0.15, 0.2) is 6.04 Å². The summed E-state index contributed by atoms with van der Waals surface area (Å²) in [7, 11) is 0. The molecule has 0 aromatic carbocycles. The van der Waals surface area contributed by atoms with Crippen LogP contribution in [0.4, 0.5) is 18.9 Å². The Kier molecular flexibility index (Phi) is 5.06. The molecular formula is C7H8ClF3N2OS. The normalized spacial score (nSPS) is 12.8. The van der Waals surface area contributed by atoms with Crippen molar-refractivity contribution in [2.24, 2.45) is 5.73 Å². The van der Waals surface area contributed by atoms with Crippen molar-refractivity contribution in [3.05, 3.63) is 16.8 Å². The van der Waals surface area contributed by atoms with Crippen molar-refractivity contribution in [3.63, 3.8) is 0 Å². The summed E-state index contributed by atoms with van der Waals surface area (Å²) in [5.74, 6) is -1.25. The molecular weight excluding hydrogens is 253 g/mol. The van der Waals surface area contributed by atoms with E-state index >= 15 is 0 Å². The Balaban J connectivity index is 0.00000196. The minimum absolute atomic E-state index is 0. The van der Waals surface area contributed by atoms with Crippen LogP contribution in [0.1, 0.15) is 0 Å². The number of carbonyl (C=O) groups excluding carboxylic acids is 1. The van der Waals surface area contributed by atoms with Gasteiger partial charge in [0.2, 0.25) is 0 Å². The second kappa shape index (κ2) is 5.34. The van der Waals surface area contributed by atoms with Crippen molar-refractivity contribution >= 4 is 35.3 Å². The average Bonchev–Trinajstić information content (AvgIpc) is 2.53. The topological polar surface area (TPSA) is 55.1 Å². The van der Waals surface area contributed by atoms with Crippen molar-refractivity contribution in [1.29, 1.82) is 0 Å². The van der Waals surface area contributed by atoms with Crippen LogP contribution in [-0.2, 0) is 4.79 Å². The predicted molar refractivity (Wildman–Crippen MR) is 54.2 cm³/mol. The third-order valence-corrected chi connectivity index (χ3v) is 2.11. The van der Waals surface area contributed by atoms with Crippen LogP contribution in [-0.4, -0.2) is 18.1 Å². The summed E-state index contributed by atoms with van der Waals surface area (Å²) in [4.78, 5) is 10.9. The van der Waals surface area contributed by atoms with Gasteiger partial charge in [0.05, 0.1) is 5.69 Å². The van der Waals surface area contributed by atoms with Crippen LogP contribution in [0.3, 0.4) is 0 Å². The Morgan fingerprint density at radius 1 is 1.53 bits per heavy atom. The summed E-state index contributed by atoms with van der Waals surface area (Å²) in [5.41, 5.74) is 5.00. The molecule has 0 radical (unpaired) electrons. The summed E-state index contributed by atoms with van der Waals surface area (Å²) in [6, 6.07) is -0.992. The lowest BCUT2D eigenvalue weighted by molar-refractivity contribution is -0.159. The van der Waals surface area contributed by atoms with E-state index in [4.69, 9.17) is 0 Å². The molecule has 0 aliphatic rings. The first-order valence-corrected chi connectivity index (χ1v) is 4.51. The molecule has 0 fully saturated rings. The van der Waals surface area contributed by atoms with Crippen LogP contribution >= 0.6 is 23.7 Å². The van der Waals surface area contributed by atoms with Crippen LogP contribution in [0, 0.1) is 0 Å². The van der Waals surface area contributed by atoms with Crippen LogP contribution in [0.15, 0.2) is 16.8 Å². The summed E-state index contributed by atoms with van der Waals surface area (Å²) >= 11 is 1.26. The molecule has 1 unspecified atom stereocenters. The van der Waals surface area contributed by atoms with E-state index in [0.717, 1.165) is 0 Å². The molecule has 0 aliphatic carbocycles. The maximum atomic E-state index is 11.9. The van der Waals surface area contributed by atoms with E-state index in [1.807, 2.05) is 0 Å². The molecule has 1 aromatic rings. The molecule has 3 N–H and O–H groups in total. The van der Waals surface area contributed by atoms with Gasteiger partial charge < -0.3 is 11.1 Å². The molecule has 1 atom stereocenters. The van der Waals surface area contributed by atoms with E-state index in [9.17, 15) is 18.0 Å². The van der Waals surface area contributed by atoms with Crippen molar-refractivity contribution in [1.82, 2.24) is 0 Å². The van der Waals surface area contributed by atoms with Crippen LogP contribution in [0.25, 0.3) is 0 Å². The Labute approximate surface area is 93.9 Å². The van der Waals surface area contributed by atoms with Crippen molar-refractivity contribution in [3.8, 4) is 0 Å². The molecule has 0 bridgehead atoms. The second-order valence-corrected chi connectivity index (χ2v) is 3.30. The molecule has 1 aromatic heterocycles. The van der Waals surface area contributed by atoms with Crippen molar-refractivity contribution in [2.75, 3.05) is 5.32 Å². The van der Waals surface area contributed by atoms with Gasteiger partial charge >= 0.3 is 6.18 Å². The molecule has 0 aliphatic heterocycles. The molecule has 3 nitrogen and oxygen atoms in total. The number of anilines is 1. The number of thiophene rings is 1. The highest BCUT2D eigenvalue weighted by atomic mass is 35.5. The number of nitrogens with two attached hydrogens (primary N) is 1. The van der Waals surface area contributed by atoms with Gasteiger partial charge in [-0.2, -0.15) is 24.5 Å².